The summed E-state index contributed by atoms with van der Waals surface area (Å²) in [5, 5.41) is 0. The Balaban J connectivity index is 1.69. The highest BCUT2D eigenvalue weighted by molar-refractivity contribution is 9.10. The fourth-order valence-electron chi connectivity index (χ4n) is 2.99. The van der Waals surface area contributed by atoms with Crippen molar-refractivity contribution in [2.75, 3.05) is 19.7 Å². The Hall–Kier alpha value is -1.03. The Labute approximate surface area is 135 Å². The van der Waals surface area contributed by atoms with Gasteiger partial charge >= 0.3 is 0 Å². The van der Waals surface area contributed by atoms with Crippen molar-refractivity contribution in [1.82, 2.24) is 4.90 Å². The molecule has 3 nitrogen and oxygen atoms in total. The second-order valence-corrected chi connectivity index (χ2v) is 7.07. The van der Waals surface area contributed by atoms with Gasteiger partial charge in [-0.15, -0.1) is 0 Å². The molecule has 1 fully saturated rings. The summed E-state index contributed by atoms with van der Waals surface area (Å²) in [7, 11) is 0. The highest BCUT2D eigenvalue weighted by Crippen LogP contribution is 2.22. The molecule has 1 aliphatic heterocycles. The Kier molecular flexibility index (Phi) is 6.09. The van der Waals surface area contributed by atoms with E-state index in [1.54, 1.807) is 0 Å². The van der Waals surface area contributed by atoms with Crippen LogP contribution in [0.4, 0.5) is 0 Å². The quantitative estimate of drug-likeness (QED) is 0.745. The molecule has 0 saturated carbocycles. The molecule has 1 aliphatic rings. The first kappa shape index (κ1) is 16.3. The molecule has 2 atom stereocenters. The van der Waals surface area contributed by atoms with Gasteiger partial charge in [-0.25, -0.2) is 0 Å². The van der Waals surface area contributed by atoms with Gasteiger partial charge in [0.1, 0.15) is 5.75 Å². The van der Waals surface area contributed by atoms with Gasteiger partial charge in [0.15, 0.2) is 0 Å². The van der Waals surface area contributed by atoms with Crippen molar-refractivity contribution in [2.45, 2.75) is 33.1 Å². The summed E-state index contributed by atoms with van der Waals surface area (Å²) in [6.07, 6.45) is 2.58. The molecule has 4 heteroatoms. The third kappa shape index (κ3) is 5.34. The zero-order valence-electron chi connectivity index (χ0n) is 12.8. The van der Waals surface area contributed by atoms with Gasteiger partial charge in [-0.05, 0) is 42.9 Å². The van der Waals surface area contributed by atoms with Crippen LogP contribution in [0, 0.1) is 11.8 Å². The van der Waals surface area contributed by atoms with Crippen LogP contribution in [0.3, 0.4) is 0 Å². The summed E-state index contributed by atoms with van der Waals surface area (Å²) in [6.45, 7) is 6.87. The zero-order valence-corrected chi connectivity index (χ0v) is 14.4. The number of carbonyl (C=O) groups is 1. The largest absolute Gasteiger partial charge is 0.494 e. The van der Waals surface area contributed by atoms with Crippen molar-refractivity contribution in [2.24, 2.45) is 11.8 Å². The minimum Gasteiger partial charge on any atom is -0.494 e. The van der Waals surface area contributed by atoms with Crippen molar-refractivity contribution < 1.29 is 9.53 Å². The molecule has 0 bridgehead atoms. The lowest BCUT2D eigenvalue weighted by Gasteiger charge is -2.35. The maximum Gasteiger partial charge on any atom is 0.222 e. The predicted octanol–water partition coefficient (Wildman–Crippen LogP) is 4.11. The first-order chi connectivity index (χ1) is 10.0. The van der Waals surface area contributed by atoms with Gasteiger partial charge in [0.2, 0.25) is 5.91 Å². The number of ether oxygens (including phenoxy) is 1. The number of hydrogen-bond donors (Lipinski definition) is 0. The Morgan fingerprint density at radius 2 is 2.05 bits per heavy atom. The molecule has 1 aromatic rings. The summed E-state index contributed by atoms with van der Waals surface area (Å²) in [5.74, 6) is 2.36. The third-order valence-corrected chi connectivity index (χ3v) is 4.31. The van der Waals surface area contributed by atoms with E-state index in [4.69, 9.17) is 4.74 Å². The Bertz CT molecular complexity index is 468. The molecule has 1 aromatic carbocycles. The molecular weight excluding hydrogens is 330 g/mol. The first-order valence-corrected chi connectivity index (χ1v) is 8.50. The van der Waals surface area contributed by atoms with Crippen LogP contribution >= 0.6 is 15.9 Å². The van der Waals surface area contributed by atoms with Gasteiger partial charge in [0.25, 0.3) is 0 Å². The fraction of sp³-hybridized carbons (Fsp3) is 0.588. The van der Waals surface area contributed by atoms with Gasteiger partial charge in [0.05, 0.1) is 6.61 Å². The molecule has 0 N–H and O–H groups in total. The van der Waals surface area contributed by atoms with Crippen molar-refractivity contribution in [1.29, 1.82) is 0 Å². The maximum atomic E-state index is 12.2. The summed E-state index contributed by atoms with van der Waals surface area (Å²) in [4.78, 5) is 14.2. The summed E-state index contributed by atoms with van der Waals surface area (Å²) in [5.41, 5.74) is 0. The number of rotatable bonds is 5. The molecule has 0 aliphatic carbocycles. The predicted molar refractivity (Wildman–Crippen MR) is 88.4 cm³/mol. The second kappa shape index (κ2) is 7.83. The minimum absolute atomic E-state index is 0.270. The molecule has 2 rings (SSSR count). The van der Waals surface area contributed by atoms with Crippen LogP contribution < -0.4 is 4.74 Å². The lowest BCUT2D eigenvalue weighted by Crippen LogP contribution is -2.42. The Morgan fingerprint density at radius 1 is 1.33 bits per heavy atom. The van der Waals surface area contributed by atoms with E-state index >= 15 is 0 Å². The molecule has 1 saturated heterocycles. The average Bonchev–Trinajstić information content (AvgIpc) is 2.42. The van der Waals surface area contributed by atoms with Crippen molar-refractivity contribution in [3.63, 3.8) is 0 Å². The molecule has 0 aromatic heterocycles. The van der Waals surface area contributed by atoms with E-state index < -0.39 is 0 Å². The van der Waals surface area contributed by atoms with Crippen molar-refractivity contribution in [3.05, 3.63) is 28.7 Å². The highest BCUT2D eigenvalue weighted by Gasteiger charge is 2.24. The SMILES string of the molecule is CC1CC(C)CN(C(=O)CCCOc2cccc(Br)c2)C1. The number of benzene rings is 1. The maximum absolute atomic E-state index is 12.2. The molecule has 21 heavy (non-hydrogen) atoms. The highest BCUT2D eigenvalue weighted by atomic mass is 79.9. The number of nitrogens with zero attached hydrogens (tertiary/aromatic N) is 1. The van der Waals surface area contributed by atoms with Crippen LogP contribution in [-0.2, 0) is 4.79 Å². The van der Waals surface area contributed by atoms with Crippen LogP contribution in [0.1, 0.15) is 33.1 Å². The second-order valence-electron chi connectivity index (χ2n) is 6.15. The van der Waals surface area contributed by atoms with Crippen molar-refractivity contribution >= 4 is 21.8 Å². The van der Waals surface area contributed by atoms with Crippen LogP contribution in [-0.4, -0.2) is 30.5 Å². The van der Waals surface area contributed by atoms with Gasteiger partial charge in [-0.3, -0.25) is 4.79 Å². The molecule has 1 amide bonds. The normalized spacial score (nSPS) is 22.1. The topological polar surface area (TPSA) is 29.5 Å². The number of piperidine rings is 1. The molecule has 116 valence electrons. The van der Waals surface area contributed by atoms with Crippen LogP contribution in [0.2, 0.25) is 0 Å². The van der Waals surface area contributed by atoms with Crippen LogP contribution in [0.25, 0.3) is 0 Å². The van der Waals surface area contributed by atoms with E-state index in [0.29, 0.717) is 24.9 Å². The first-order valence-electron chi connectivity index (χ1n) is 7.70. The van der Waals surface area contributed by atoms with E-state index in [-0.39, 0.29) is 5.91 Å². The number of amides is 1. The zero-order chi connectivity index (χ0) is 15.2. The van der Waals surface area contributed by atoms with E-state index in [9.17, 15) is 4.79 Å². The van der Waals surface area contributed by atoms with Gasteiger partial charge in [-0.1, -0.05) is 35.8 Å². The summed E-state index contributed by atoms with van der Waals surface area (Å²) in [6, 6.07) is 7.78. The molecular formula is C17H24BrNO2. The lowest BCUT2D eigenvalue weighted by molar-refractivity contribution is -0.134. The lowest BCUT2D eigenvalue weighted by atomic mass is 9.91. The summed E-state index contributed by atoms with van der Waals surface area (Å²) < 4.78 is 6.67. The van der Waals surface area contributed by atoms with E-state index in [2.05, 4.69) is 29.8 Å². The molecule has 0 spiro atoms. The van der Waals surface area contributed by atoms with E-state index in [0.717, 1.165) is 29.7 Å². The van der Waals surface area contributed by atoms with Crippen LogP contribution in [0.15, 0.2) is 28.7 Å². The molecule has 0 radical (unpaired) electrons. The van der Waals surface area contributed by atoms with Crippen LogP contribution in [0.5, 0.6) is 5.75 Å². The van der Waals surface area contributed by atoms with Gasteiger partial charge < -0.3 is 9.64 Å². The number of likely N-dealkylation sites (tertiary alicyclic amines) is 1. The fourth-order valence-corrected chi connectivity index (χ4v) is 3.37. The number of halogens is 1. The van der Waals surface area contributed by atoms with Gasteiger partial charge in [-0.2, -0.15) is 0 Å². The molecule has 1 heterocycles. The number of hydrogen-bond acceptors (Lipinski definition) is 2. The minimum atomic E-state index is 0.270. The smallest absolute Gasteiger partial charge is 0.222 e. The van der Waals surface area contributed by atoms with E-state index in [1.807, 2.05) is 29.2 Å². The monoisotopic (exact) mass is 353 g/mol. The third-order valence-electron chi connectivity index (χ3n) is 3.82. The standard InChI is InChI=1S/C17H24BrNO2/c1-13-9-14(2)12-19(11-13)17(20)7-4-8-21-16-6-3-5-15(18)10-16/h3,5-6,10,13-14H,4,7-9,11-12H2,1-2H3. The Morgan fingerprint density at radius 3 is 2.71 bits per heavy atom. The van der Waals surface area contributed by atoms with E-state index in [1.165, 1.54) is 6.42 Å². The van der Waals surface area contributed by atoms with Gasteiger partial charge in [0, 0.05) is 24.0 Å². The number of carbonyl (C=O) groups excluding carboxylic acids is 1. The molecule has 2 unspecified atom stereocenters. The average molecular weight is 354 g/mol. The van der Waals surface area contributed by atoms with Crippen molar-refractivity contribution in [3.8, 4) is 5.75 Å². The summed E-state index contributed by atoms with van der Waals surface area (Å²) >= 11 is 3.42.